The highest BCUT2D eigenvalue weighted by Crippen LogP contribution is 2.32. The summed E-state index contributed by atoms with van der Waals surface area (Å²) >= 11 is 17.9. The molecule has 0 aliphatic rings. The summed E-state index contributed by atoms with van der Waals surface area (Å²) in [6, 6.07) is 11.7. The van der Waals surface area contributed by atoms with Crippen LogP contribution in [0.1, 0.15) is 25.0 Å². The lowest BCUT2D eigenvalue weighted by atomic mass is 10.0. The van der Waals surface area contributed by atoms with Gasteiger partial charge in [-0.2, -0.15) is 5.10 Å². The topological polar surface area (TPSA) is 33.6 Å². The van der Waals surface area contributed by atoms with Crippen molar-refractivity contribution in [1.29, 1.82) is 0 Å². The van der Waals surface area contributed by atoms with E-state index >= 15 is 0 Å². The Morgan fingerprint density at radius 3 is 2.33 bits per heavy atom. The number of aromatic amines is 1. The zero-order chi connectivity index (χ0) is 17.3. The molecule has 24 heavy (non-hydrogen) atoms. The Balaban J connectivity index is 2.32. The summed E-state index contributed by atoms with van der Waals surface area (Å²) in [4.78, 5) is 0. The number of nitrogens with one attached hydrogen (secondary N) is 1. The Morgan fingerprint density at radius 1 is 1.08 bits per heavy atom. The van der Waals surface area contributed by atoms with Gasteiger partial charge in [0.15, 0.2) is 10.6 Å². The van der Waals surface area contributed by atoms with Gasteiger partial charge < -0.3 is 0 Å². The van der Waals surface area contributed by atoms with E-state index in [1.807, 2.05) is 10.6 Å². The first-order valence-corrected chi connectivity index (χ1v) is 8.97. The van der Waals surface area contributed by atoms with E-state index in [0.29, 0.717) is 20.6 Å². The summed E-state index contributed by atoms with van der Waals surface area (Å²) in [5.41, 5.74) is 4.32. The first-order chi connectivity index (χ1) is 11.6. The highest BCUT2D eigenvalue weighted by molar-refractivity contribution is 7.71. The number of aryl methyl sites for hydroxylation is 2. The van der Waals surface area contributed by atoms with E-state index in [0.717, 1.165) is 24.1 Å². The minimum Gasteiger partial charge on any atom is -0.268 e. The standard InChI is InChI=1S/C18H17Cl2N3S/c1-3-11-6-5-7-12(4-2)16(11)23-17(21-22-18(23)24)14-9-8-13(19)10-15(14)20/h5-10H,3-4H2,1-2H3,(H,22,24). The summed E-state index contributed by atoms with van der Waals surface area (Å²) in [6.45, 7) is 4.27. The molecule has 0 atom stereocenters. The molecule has 0 fully saturated rings. The van der Waals surface area contributed by atoms with Gasteiger partial charge in [-0.25, -0.2) is 0 Å². The predicted molar refractivity (Wildman–Crippen MR) is 103 cm³/mol. The maximum absolute atomic E-state index is 6.39. The first-order valence-electron chi connectivity index (χ1n) is 7.80. The molecule has 124 valence electrons. The van der Waals surface area contributed by atoms with Crippen LogP contribution < -0.4 is 0 Å². The maximum atomic E-state index is 6.39. The third-order valence-electron chi connectivity index (χ3n) is 4.03. The lowest BCUT2D eigenvalue weighted by Crippen LogP contribution is -2.06. The quantitative estimate of drug-likeness (QED) is 0.563. The van der Waals surface area contributed by atoms with Crippen molar-refractivity contribution in [2.45, 2.75) is 26.7 Å². The van der Waals surface area contributed by atoms with E-state index in [1.54, 1.807) is 12.1 Å². The van der Waals surface area contributed by atoms with Crippen molar-refractivity contribution in [3.8, 4) is 17.1 Å². The highest BCUT2D eigenvalue weighted by atomic mass is 35.5. The number of rotatable bonds is 4. The largest absolute Gasteiger partial charge is 0.268 e. The van der Waals surface area contributed by atoms with Crippen molar-refractivity contribution in [1.82, 2.24) is 14.8 Å². The fourth-order valence-corrected chi connectivity index (χ4v) is 3.57. The average Bonchev–Trinajstić information content (AvgIpc) is 2.95. The molecule has 0 amide bonds. The van der Waals surface area contributed by atoms with E-state index in [-0.39, 0.29) is 0 Å². The molecule has 0 aliphatic carbocycles. The molecular formula is C18H17Cl2N3S. The predicted octanol–water partition coefficient (Wildman–Crippen LogP) is 6.03. The van der Waals surface area contributed by atoms with Gasteiger partial charge in [0.05, 0.1) is 10.7 Å². The summed E-state index contributed by atoms with van der Waals surface area (Å²) in [6.07, 6.45) is 1.81. The molecule has 1 N–H and O–H groups in total. The molecule has 3 aromatic rings. The van der Waals surface area contributed by atoms with Crippen LogP contribution in [0.2, 0.25) is 10.0 Å². The van der Waals surface area contributed by atoms with Gasteiger partial charge in [-0.05, 0) is 54.4 Å². The Morgan fingerprint density at radius 2 is 1.75 bits per heavy atom. The number of hydrogen-bond acceptors (Lipinski definition) is 2. The van der Waals surface area contributed by atoms with Crippen LogP contribution in [-0.2, 0) is 12.8 Å². The fourth-order valence-electron chi connectivity index (χ4n) is 2.86. The monoisotopic (exact) mass is 377 g/mol. The number of H-pyrrole nitrogens is 1. The van der Waals surface area contributed by atoms with Gasteiger partial charge in [-0.1, -0.05) is 55.2 Å². The van der Waals surface area contributed by atoms with E-state index < -0.39 is 0 Å². The highest BCUT2D eigenvalue weighted by Gasteiger charge is 2.18. The molecule has 2 aromatic carbocycles. The molecule has 3 rings (SSSR count). The van der Waals surface area contributed by atoms with Gasteiger partial charge >= 0.3 is 0 Å². The molecule has 0 saturated carbocycles. The third-order valence-corrected chi connectivity index (χ3v) is 4.85. The van der Waals surface area contributed by atoms with Crippen molar-refractivity contribution in [3.63, 3.8) is 0 Å². The smallest absolute Gasteiger partial charge is 0.200 e. The molecule has 3 nitrogen and oxygen atoms in total. The van der Waals surface area contributed by atoms with Crippen molar-refractivity contribution >= 4 is 35.4 Å². The van der Waals surface area contributed by atoms with Crippen molar-refractivity contribution in [2.75, 3.05) is 0 Å². The van der Waals surface area contributed by atoms with Crippen molar-refractivity contribution in [2.24, 2.45) is 0 Å². The Hall–Kier alpha value is -1.62. The number of halogens is 2. The third kappa shape index (κ3) is 3.02. The molecule has 1 aromatic heterocycles. The first kappa shape index (κ1) is 17.2. The lowest BCUT2D eigenvalue weighted by molar-refractivity contribution is 0.954. The van der Waals surface area contributed by atoms with Gasteiger partial charge in [0.1, 0.15) is 0 Å². The van der Waals surface area contributed by atoms with Crippen LogP contribution in [0.15, 0.2) is 36.4 Å². The zero-order valence-electron chi connectivity index (χ0n) is 13.4. The van der Waals surface area contributed by atoms with Crippen LogP contribution >= 0.6 is 35.4 Å². The van der Waals surface area contributed by atoms with Crippen LogP contribution in [0.5, 0.6) is 0 Å². The molecule has 0 spiro atoms. The van der Waals surface area contributed by atoms with Gasteiger partial charge in [0, 0.05) is 10.6 Å². The minimum absolute atomic E-state index is 0.546. The molecule has 1 heterocycles. The molecule has 6 heteroatoms. The minimum atomic E-state index is 0.546. The SMILES string of the molecule is CCc1cccc(CC)c1-n1c(-c2ccc(Cl)cc2Cl)n[nH]c1=S. The number of hydrogen-bond donors (Lipinski definition) is 1. The van der Waals surface area contributed by atoms with Crippen LogP contribution in [-0.4, -0.2) is 14.8 Å². The van der Waals surface area contributed by atoms with Gasteiger partial charge in [0.25, 0.3) is 0 Å². The second kappa shape index (κ2) is 7.09. The van der Waals surface area contributed by atoms with E-state index in [9.17, 15) is 0 Å². The van der Waals surface area contributed by atoms with Gasteiger partial charge in [0.2, 0.25) is 0 Å². The second-order valence-corrected chi connectivity index (χ2v) is 6.67. The Kier molecular flexibility index (Phi) is 5.09. The maximum Gasteiger partial charge on any atom is 0.200 e. The Bertz CT molecular complexity index is 921. The van der Waals surface area contributed by atoms with Crippen molar-refractivity contribution in [3.05, 3.63) is 62.3 Å². The van der Waals surface area contributed by atoms with E-state index in [1.165, 1.54) is 11.1 Å². The number of aromatic nitrogens is 3. The molecule has 0 saturated heterocycles. The number of para-hydroxylation sites is 1. The normalized spacial score (nSPS) is 11.0. The molecule has 0 unspecified atom stereocenters. The van der Waals surface area contributed by atoms with Crippen molar-refractivity contribution < 1.29 is 0 Å². The Labute approximate surface area is 156 Å². The van der Waals surface area contributed by atoms with Crippen LogP contribution in [0.4, 0.5) is 0 Å². The lowest BCUT2D eigenvalue weighted by Gasteiger charge is -2.16. The molecule has 0 radical (unpaired) electrons. The average molecular weight is 378 g/mol. The van der Waals surface area contributed by atoms with E-state index in [2.05, 4.69) is 42.2 Å². The number of nitrogens with zero attached hydrogens (tertiary/aromatic N) is 2. The summed E-state index contributed by atoms with van der Waals surface area (Å²) in [5, 5.41) is 8.46. The van der Waals surface area contributed by atoms with Crippen LogP contribution in [0.25, 0.3) is 17.1 Å². The summed E-state index contributed by atoms with van der Waals surface area (Å²) < 4.78 is 2.52. The zero-order valence-corrected chi connectivity index (χ0v) is 15.8. The van der Waals surface area contributed by atoms with Gasteiger partial charge in [-0.15, -0.1) is 0 Å². The summed E-state index contributed by atoms with van der Waals surface area (Å²) in [7, 11) is 0. The molecule has 0 bridgehead atoms. The van der Waals surface area contributed by atoms with E-state index in [4.69, 9.17) is 35.4 Å². The number of benzene rings is 2. The summed E-state index contributed by atoms with van der Waals surface area (Å²) in [5.74, 6) is 0.692. The van der Waals surface area contributed by atoms with Crippen LogP contribution in [0.3, 0.4) is 0 Å². The molecular weight excluding hydrogens is 361 g/mol. The fraction of sp³-hybridized carbons (Fsp3) is 0.222. The second-order valence-electron chi connectivity index (χ2n) is 5.44. The van der Waals surface area contributed by atoms with Gasteiger partial charge in [-0.3, -0.25) is 9.67 Å². The van der Waals surface area contributed by atoms with Crippen LogP contribution in [0, 0.1) is 4.77 Å². The molecule has 0 aliphatic heterocycles.